The summed E-state index contributed by atoms with van der Waals surface area (Å²) in [5, 5.41) is 0. The molecule has 268 valence electrons. The molecule has 0 aliphatic heterocycles. The molecule has 0 radical (unpaired) electrons. The topological polar surface area (TPSA) is 46.8 Å². The first-order valence-corrected chi connectivity index (χ1v) is 19.8. The second kappa shape index (κ2) is 14.7. The van der Waals surface area contributed by atoms with Crippen LogP contribution in [0.2, 0.25) is 0 Å². The summed E-state index contributed by atoms with van der Waals surface area (Å²) in [7, 11) is 6.03. The van der Waals surface area contributed by atoms with Gasteiger partial charge in [-0.3, -0.25) is 0 Å². The number of nitrogens with zero attached hydrogens (tertiary/aromatic N) is 2. The minimum atomic E-state index is -5.16. The van der Waals surface area contributed by atoms with Crippen molar-refractivity contribution in [1.29, 1.82) is 0 Å². The Morgan fingerprint density at radius 2 is 0.961 bits per heavy atom. The van der Waals surface area contributed by atoms with Gasteiger partial charge in [-0.25, -0.2) is 0 Å². The van der Waals surface area contributed by atoms with Gasteiger partial charge in [0.1, 0.15) is 0 Å². The van der Waals surface area contributed by atoms with E-state index in [1.807, 2.05) is 24.3 Å². The van der Waals surface area contributed by atoms with Gasteiger partial charge in [0.2, 0.25) is 0 Å². The first kappa shape index (κ1) is 37.0. The zero-order valence-corrected chi connectivity index (χ0v) is 31.6. The van der Waals surface area contributed by atoms with Crippen molar-refractivity contribution in [2.45, 2.75) is 53.1 Å². The number of aryl methyl sites for hydroxylation is 2. The Balaban J connectivity index is 1.71. The van der Waals surface area contributed by atoms with Crippen molar-refractivity contribution in [2.75, 3.05) is 28.4 Å². The summed E-state index contributed by atoms with van der Waals surface area (Å²) < 4.78 is 95.3. The molecule has 6 rings (SSSR count). The Hall–Kier alpha value is -3.77. The fraction of sp³-hybridized carbons (Fsp3) is 0.300. The van der Waals surface area contributed by atoms with Gasteiger partial charge in [-0.2, -0.15) is 0 Å². The van der Waals surface area contributed by atoms with E-state index in [4.69, 9.17) is 18.9 Å². The second-order valence-corrected chi connectivity index (χ2v) is 18.7. The van der Waals surface area contributed by atoms with E-state index in [0.717, 1.165) is 0 Å². The predicted octanol–water partition coefficient (Wildman–Crippen LogP) is 8.43. The van der Waals surface area contributed by atoms with Gasteiger partial charge in [0, 0.05) is 0 Å². The summed E-state index contributed by atoms with van der Waals surface area (Å²) in [6.45, 7) is 7.21. The Bertz CT molecular complexity index is 1970. The van der Waals surface area contributed by atoms with Gasteiger partial charge in [0.15, 0.2) is 0 Å². The van der Waals surface area contributed by atoms with Crippen LogP contribution >= 0.6 is 0 Å². The maximum absolute atomic E-state index is 17.8. The summed E-state index contributed by atoms with van der Waals surface area (Å²) in [4.78, 5) is 0. The van der Waals surface area contributed by atoms with Crippen molar-refractivity contribution >= 4 is 7.74 Å². The van der Waals surface area contributed by atoms with Crippen LogP contribution < -0.4 is 7.74 Å². The number of hydrogen-bond donors (Lipinski definition) is 0. The van der Waals surface area contributed by atoms with Crippen LogP contribution in [0.25, 0.3) is 11.4 Å². The molecule has 2 heterocycles. The van der Waals surface area contributed by atoms with Gasteiger partial charge < -0.3 is 0 Å². The second-order valence-electron chi connectivity index (χ2n) is 12.8. The molecule has 0 unspecified atom stereocenters. The van der Waals surface area contributed by atoms with E-state index in [1.165, 1.54) is 52.7 Å². The number of rotatable bonds is 12. The Kier molecular flexibility index (Phi) is 10.7. The SMILES string of the molecule is COC(OC)c1cc(C)n(-c2ccc(F)[c]([Ti]([C]3=CC=CC3)([C]3=CC=CC3)[c]3c(F)ccc(-n4c(C)cc(C(OC)OC)c4C)c3F)c2F)c1C. The molecule has 0 saturated carbocycles. The quantitative estimate of drug-likeness (QED) is 0.0833. The van der Waals surface area contributed by atoms with E-state index >= 15 is 17.6 Å². The fourth-order valence-electron chi connectivity index (χ4n) is 8.03. The van der Waals surface area contributed by atoms with E-state index in [1.54, 1.807) is 61.1 Å². The summed E-state index contributed by atoms with van der Waals surface area (Å²) in [6.07, 6.45) is 10.0. The summed E-state index contributed by atoms with van der Waals surface area (Å²) in [6, 6.07) is 8.83. The molecular weight excluding hydrogens is 696 g/mol. The summed E-state index contributed by atoms with van der Waals surface area (Å²) in [5.41, 5.74) is 4.03. The fourth-order valence-corrected chi connectivity index (χ4v) is 16.3. The van der Waals surface area contributed by atoms with E-state index in [-0.39, 0.29) is 19.1 Å². The molecule has 11 heteroatoms. The molecule has 0 bridgehead atoms. The van der Waals surface area contributed by atoms with Crippen LogP contribution in [-0.2, 0) is 35.5 Å². The van der Waals surface area contributed by atoms with Crippen LogP contribution in [0.3, 0.4) is 0 Å². The molecule has 2 aromatic heterocycles. The minimum absolute atomic E-state index is 0.0654. The van der Waals surface area contributed by atoms with Crippen molar-refractivity contribution in [3.8, 4) is 11.4 Å². The van der Waals surface area contributed by atoms with E-state index in [9.17, 15) is 0 Å². The molecule has 0 amide bonds. The third-order valence-corrected chi connectivity index (χ3v) is 18.1. The van der Waals surface area contributed by atoms with Crippen molar-refractivity contribution in [2.24, 2.45) is 0 Å². The Morgan fingerprint density at radius 3 is 1.27 bits per heavy atom. The zero-order valence-electron chi connectivity index (χ0n) is 30.0. The van der Waals surface area contributed by atoms with Gasteiger partial charge in [0.05, 0.1) is 0 Å². The van der Waals surface area contributed by atoms with Gasteiger partial charge in [0.25, 0.3) is 0 Å². The number of benzene rings is 2. The van der Waals surface area contributed by atoms with Crippen molar-refractivity contribution < 1.29 is 53.1 Å². The standard InChI is InChI=1S/2C15H16F2NO2.2C5H5.Ti/c2*1-9-7-12(15(19-3)20-4)10(2)18(9)14-6-5-11(16)8-13(14)17;2*1-2-4-5-3-1;/h2*5-7,15H,1-4H3;2*1-3H,4H2;. The molecular formula is C40H42F4N2O4Ti. The molecule has 0 spiro atoms. The number of ether oxygens (including phenoxy) is 4. The molecule has 4 aromatic rings. The van der Waals surface area contributed by atoms with Gasteiger partial charge >= 0.3 is 301 Å². The molecule has 0 fully saturated rings. The number of hydrogen-bond acceptors (Lipinski definition) is 4. The van der Waals surface area contributed by atoms with Crippen molar-refractivity contribution in [1.82, 2.24) is 9.13 Å². The summed E-state index contributed by atoms with van der Waals surface area (Å²) >= 11 is -5.16. The number of methoxy groups -OCH3 is 4. The number of halogens is 4. The molecule has 2 aliphatic carbocycles. The predicted molar refractivity (Wildman–Crippen MR) is 187 cm³/mol. The van der Waals surface area contributed by atoms with E-state index in [2.05, 4.69) is 0 Å². The summed E-state index contributed by atoms with van der Waals surface area (Å²) in [5.74, 6) is -3.43. The Labute approximate surface area is 299 Å². The molecule has 0 saturated heterocycles. The molecule has 0 atom stereocenters. The molecule has 51 heavy (non-hydrogen) atoms. The van der Waals surface area contributed by atoms with Crippen LogP contribution in [0.1, 0.15) is 59.3 Å². The average molecular weight is 739 g/mol. The third-order valence-electron chi connectivity index (χ3n) is 10.2. The molecule has 6 nitrogen and oxygen atoms in total. The van der Waals surface area contributed by atoms with Gasteiger partial charge in [-0.1, -0.05) is 0 Å². The number of aromatic nitrogens is 2. The van der Waals surface area contributed by atoms with Crippen LogP contribution in [0.5, 0.6) is 0 Å². The molecule has 0 N–H and O–H groups in total. The first-order chi connectivity index (χ1) is 24.5. The van der Waals surface area contributed by atoms with Crippen LogP contribution in [0.15, 0.2) is 80.6 Å². The normalized spacial score (nSPS) is 14.5. The van der Waals surface area contributed by atoms with E-state index < -0.39 is 52.4 Å². The Morgan fingerprint density at radius 1 is 0.588 bits per heavy atom. The first-order valence-electron chi connectivity index (χ1n) is 16.7. The van der Waals surface area contributed by atoms with Crippen molar-refractivity contribution in [3.63, 3.8) is 0 Å². The van der Waals surface area contributed by atoms with Crippen LogP contribution in [-0.4, -0.2) is 37.6 Å². The van der Waals surface area contributed by atoms with Crippen LogP contribution in [0.4, 0.5) is 17.6 Å². The van der Waals surface area contributed by atoms with Crippen LogP contribution in [0, 0.1) is 51.0 Å². The average Bonchev–Trinajstić information content (AvgIpc) is 3.93. The van der Waals surface area contributed by atoms with Crippen molar-refractivity contribution in [3.05, 3.63) is 138 Å². The van der Waals surface area contributed by atoms with Gasteiger partial charge in [-0.15, -0.1) is 0 Å². The van der Waals surface area contributed by atoms with E-state index in [0.29, 0.717) is 54.5 Å². The van der Waals surface area contributed by atoms with Gasteiger partial charge in [-0.05, 0) is 0 Å². The zero-order chi connectivity index (χ0) is 36.8. The molecule has 2 aliphatic rings. The monoisotopic (exact) mass is 738 g/mol. The molecule has 2 aromatic carbocycles. The maximum atomic E-state index is 17.8. The third kappa shape index (κ3) is 5.86. The number of allylic oxidation sites excluding steroid dienone is 8.